The minimum Gasteiger partial charge on any atom is -0.459 e. The van der Waals surface area contributed by atoms with Crippen LogP contribution < -0.4 is 0 Å². The van der Waals surface area contributed by atoms with Crippen LogP contribution in [-0.2, 0) is 4.74 Å². The highest BCUT2D eigenvalue weighted by atomic mass is 16.5. The number of likely N-dealkylation sites (tertiary alicyclic amines) is 1. The Balaban J connectivity index is 1.27. The van der Waals surface area contributed by atoms with E-state index < -0.39 is 0 Å². The van der Waals surface area contributed by atoms with Gasteiger partial charge in [0.2, 0.25) is 11.8 Å². The van der Waals surface area contributed by atoms with Gasteiger partial charge < -0.3 is 18.5 Å². The van der Waals surface area contributed by atoms with Crippen molar-refractivity contribution < 1.29 is 18.4 Å². The van der Waals surface area contributed by atoms with Crippen molar-refractivity contribution in [2.75, 3.05) is 13.1 Å². The fraction of sp³-hybridized carbons (Fsp3) is 0.611. The highest BCUT2D eigenvalue weighted by molar-refractivity contribution is 5.92. The van der Waals surface area contributed by atoms with Crippen LogP contribution in [0.15, 0.2) is 21.2 Å². The van der Waals surface area contributed by atoms with Crippen LogP contribution in [0.2, 0.25) is 0 Å². The molecule has 1 saturated carbocycles. The lowest BCUT2D eigenvalue weighted by atomic mass is 9.91. The molecule has 0 unspecified atom stereocenters. The first-order valence-electron chi connectivity index (χ1n) is 9.01. The Kier molecular flexibility index (Phi) is 3.45. The van der Waals surface area contributed by atoms with Gasteiger partial charge in [0.1, 0.15) is 6.10 Å². The number of amides is 1. The molecule has 3 atom stereocenters. The summed E-state index contributed by atoms with van der Waals surface area (Å²) in [7, 11) is 0. The number of hydrogen-bond acceptors (Lipinski definition) is 6. The molecular weight excluding hydrogens is 322 g/mol. The summed E-state index contributed by atoms with van der Waals surface area (Å²) in [5.74, 6) is 2.60. The van der Waals surface area contributed by atoms with Gasteiger partial charge in [-0.1, -0.05) is 0 Å². The van der Waals surface area contributed by atoms with Gasteiger partial charge >= 0.3 is 0 Å². The molecule has 2 aliphatic heterocycles. The quantitative estimate of drug-likeness (QED) is 0.852. The lowest BCUT2D eigenvalue weighted by molar-refractivity contribution is -0.0131. The zero-order valence-electron chi connectivity index (χ0n) is 14.2. The molecule has 0 spiro atoms. The fourth-order valence-corrected chi connectivity index (χ4v) is 3.88. The molecule has 5 rings (SSSR count). The molecule has 0 bridgehead atoms. The number of ether oxygens (including phenoxy) is 1. The molecule has 1 amide bonds. The normalized spacial score (nSPS) is 29.0. The number of hydrogen-bond donors (Lipinski definition) is 0. The molecule has 7 nitrogen and oxygen atoms in total. The largest absolute Gasteiger partial charge is 0.459 e. The van der Waals surface area contributed by atoms with Crippen LogP contribution in [0.3, 0.4) is 0 Å². The zero-order chi connectivity index (χ0) is 17.0. The van der Waals surface area contributed by atoms with Crippen molar-refractivity contribution in [3.8, 4) is 0 Å². The van der Waals surface area contributed by atoms with Crippen molar-refractivity contribution in [1.82, 2.24) is 15.1 Å². The second-order valence-electron chi connectivity index (χ2n) is 7.38. The van der Waals surface area contributed by atoms with Gasteiger partial charge in [-0.15, -0.1) is 10.2 Å². The lowest BCUT2D eigenvalue weighted by Gasteiger charge is -2.33. The first kappa shape index (κ1) is 15.1. The summed E-state index contributed by atoms with van der Waals surface area (Å²) in [6.45, 7) is 3.20. The van der Waals surface area contributed by atoms with Crippen LogP contribution in [-0.4, -0.2) is 40.2 Å². The van der Waals surface area contributed by atoms with E-state index in [1.54, 1.807) is 6.26 Å². The van der Waals surface area contributed by atoms with E-state index in [2.05, 4.69) is 10.2 Å². The number of rotatable bonds is 3. The Morgan fingerprint density at radius 2 is 2.08 bits per heavy atom. The van der Waals surface area contributed by atoms with Crippen molar-refractivity contribution in [1.29, 1.82) is 0 Å². The Hall–Kier alpha value is -2.15. The number of aromatic nitrogens is 2. The van der Waals surface area contributed by atoms with E-state index in [9.17, 15) is 4.79 Å². The SMILES string of the molecule is Cc1ccoc1C(=O)N1CC[C@@H]2C[C@H](c3nnc(C4CC4)o3)O[C@H]2C1. The first-order valence-corrected chi connectivity index (χ1v) is 9.01. The number of fused-ring (bicyclic) bond motifs is 1. The minimum atomic E-state index is -0.143. The summed E-state index contributed by atoms with van der Waals surface area (Å²) < 4.78 is 17.3. The Labute approximate surface area is 145 Å². The van der Waals surface area contributed by atoms with Gasteiger partial charge in [0.25, 0.3) is 5.91 Å². The molecule has 2 saturated heterocycles. The molecule has 1 aliphatic carbocycles. The third-order valence-electron chi connectivity index (χ3n) is 5.55. The van der Waals surface area contributed by atoms with Gasteiger partial charge in [0, 0.05) is 24.6 Å². The molecule has 3 fully saturated rings. The summed E-state index contributed by atoms with van der Waals surface area (Å²) in [6.07, 6.45) is 5.53. The number of piperidine rings is 1. The van der Waals surface area contributed by atoms with Crippen LogP contribution in [0.5, 0.6) is 0 Å². The predicted octanol–water partition coefficient (Wildman–Crippen LogP) is 2.84. The molecule has 0 N–H and O–H groups in total. The molecular formula is C18H21N3O4. The molecule has 4 heterocycles. The van der Waals surface area contributed by atoms with E-state index >= 15 is 0 Å². The lowest BCUT2D eigenvalue weighted by Crippen LogP contribution is -2.45. The van der Waals surface area contributed by atoms with E-state index in [1.165, 1.54) is 0 Å². The maximum Gasteiger partial charge on any atom is 0.289 e. The highest BCUT2D eigenvalue weighted by Crippen LogP contribution is 2.43. The summed E-state index contributed by atoms with van der Waals surface area (Å²) in [5, 5.41) is 8.34. The van der Waals surface area contributed by atoms with Crippen molar-refractivity contribution in [2.24, 2.45) is 5.92 Å². The summed E-state index contributed by atoms with van der Waals surface area (Å²) in [6, 6.07) is 1.81. The summed E-state index contributed by atoms with van der Waals surface area (Å²) in [4.78, 5) is 14.5. The number of nitrogens with zero attached hydrogens (tertiary/aromatic N) is 3. The monoisotopic (exact) mass is 343 g/mol. The molecule has 7 heteroatoms. The van der Waals surface area contributed by atoms with Gasteiger partial charge in [-0.2, -0.15) is 0 Å². The van der Waals surface area contributed by atoms with E-state index in [-0.39, 0.29) is 18.1 Å². The molecule has 132 valence electrons. The number of aryl methyl sites for hydroxylation is 1. The van der Waals surface area contributed by atoms with Crippen LogP contribution in [0, 0.1) is 12.8 Å². The van der Waals surface area contributed by atoms with Crippen molar-refractivity contribution >= 4 is 5.91 Å². The van der Waals surface area contributed by atoms with Crippen molar-refractivity contribution in [2.45, 2.75) is 50.7 Å². The maximum absolute atomic E-state index is 12.6. The molecule has 2 aromatic rings. The van der Waals surface area contributed by atoms with Gasteiger partial charge in [-0.25, -0.2) is 0 Å². The van der Waals surface area contributed by atoms with E-state index in [0.29, 0.717) is 30.0 Å². The minimum absolute atomic E-state index is 0.0224. The zero-order valence-corrected chi connectivity index (χ0v) is 14.2. The first-order chi connectivity index (χ1) is 12.2. The number of furan rings is 1. The smallest absolute Gasteiger partial charge is 0.289 e. The third kappa shape index (κ3) is 2.66. The molecule has 25 heavy (non-hydrogen) atoms. The van der Waals surface area contributed by atoms with Crippen molar-refractivity contribution in [3.05, 3.63) is 35.4 Å². The third-order valence-corrected chi connectivity index (χ3v) is 5.55. The van der Waals surface area contributed by atoms with Crippen LogP contribution in [0.1, 0.15) is 65.6 Å². The summed E-state index contributed by atoms with van der Waals surface area (Å²) in [5.41, 5.74) is 0.871. The van der Waals surface area contributed by atoms with E-state index in [0.717, 1.165) is 43.7 Å². The maximum atomic E-state index is 12.6. The van der Waals surface area contributed by atoms with Gasteiger partial charge in [-0.05, 0) is 44.6 Å². The second-order valence-corrected chi connectivity index (χ2v) is 7.38. The fourth-order valence-electron chi connectivity index (χ4n) is 3.88. The van der Waals surface area contributed by atoms with Gasteiger partial charge in [0.15, 0.2) is 5.76 Å². The van der Waals surface area contributed by atoms with Crippen LogP contribution >= 0.6 is 0 Å². The Morgan fingerprint density at radius 1 is 1.24 bits per heavy atom. The molecule has 3 aliphatic rings. The average Bonchev–Trinajstić information content (AvgIpc) is 3.03. The molecule has 2 aromatic heterocycles. The van der Waals surface area contributed by atoms with Gasteiger partial charge in [0.05, 0.1) is 12.4 Å². The van der Waals surface area contributed by atoms with E-state index in [1.807, 2.05) is 17.9 Å². The second kappa shape index (κ2) is 5.69. The predicted molar refractivity (Wildman–Crippen MR) is 86.0 cm³/mol. The molecule has 0 radical (unpaired) electrons. The standard InChI is InChI=1S/C18H21N3O4/c1-10-5-7-23-15(10)18(22)21-6-4-12-8-13(24-14(12)9-21)17-20-19-16(25-17)11-2-3-11/h5,7,11-14H,2-4,6,8-9H2,1H3/t12-,13-,14+/m1/s1. The molecule has 0 aromatic carbocycles. The number of carbonyl (C=O) groups is 1. The summed E-state index contributed by atoms with van der Waals surface area (Å²) >= 11 is 0. The van der Waals surface area contributed by atoms with Crippen LogP contribution in [0.4, 0.5) is 0 Å². The Bertz CT molecular complexity index is 794. The Morgan fingerprint density at radius 3 is 2.84 bits per heavy atom. The van der Waals surface area contributed by atoms with E-state index in [4.69, 9.17) is 13.6 Å². The topological polar surface area (TPSA) is 81.6 Å². The highest BCUT2D eigenvalue weighted by Gasteiger charge is 2.43. The van der Waals surface area contributed by atoms with Crippen molar-refractivity contribution in [3.63, 3.8) is 0 Å². The van der Waals surface area contributed by atoms with Crippen LogP contribution in [0.25, 0.3) is 0 Å². The average molecular weight is 343 g/mol. The van der Waals surface area contributed by atoms with Gasteiger partial charge in [-0.3, -0.25) is 4.79 Å². The number of carbonyl (C=O) groups excluding carboxylic acids is 1.